The van der Waals surface area contributed by atoms with Crippen LogP contribution in [0.25, 0.3) is 11.3 Å². The van der Waals surface area contributed by atoms with Crippen LogP contribution in [-0.2, 0) is 4.79 Å². The van der Waals surface area contributed by atoms with Crippen LogP contribution in [0, 0.1) is 0 Å². The molecule has 0 saturated carbocycles. The second kappa shape index (κ2) is 7.16. The Morgan fingerprint density at radius 3 is 2.73 bits per heavy atom. The highest BCUT2D eigenvalue weighted by atomic mass is 16.5. The van der Waals surface area contributed by atoms with Gasteiger partial charge in [0, 0.05) is 11.6 Å². The molecular formula is C15H16N4O3. The van der Waals surface area contributed by atoms with E-state index in [0.29, 0.717) is 17.3 Å². The van der Waals surface area contributed by atoms with Gasteiger partial charge in [0.2, 0.25) is 0 Å². The van der Waals surface area contributed by atoms with Crippen LogP contribution in [0.3, 0.4) is 0 Å². The van der Waals surface area contributed by atoms with E-state index in [9.17, 15) is 9.59 Å². The number of Topliss-reactive ketones (excluding diaryl/α,β-unsaturated/α-hetero) is 1. The summed E-state index contributed by atoms with van der Waals surface area (Å²) in [5.74, 6) is 0.873. The fourth-order valence-corrected chi connectivity index (χ4v) is 1.79. The molecule has 2 N–H and O–H groups in total. The molecule has 0 aliphatic carbocycles. The number of methoxy groups -OCH3 is 1. The maximum Gasteiger partial charge on any atom is 0.320 e. The number of anilines is 1. The van der Waals surface area contributed by atoms with Gasteiger partial charge >= 0.3 is 6.03 Å². The van der Waals surface area contributed by atoms with E-state index in [1.165, 1.54) is 13.3 Å². The van der Waals surface area contributed by atoms with Crippen molar-refractivity contribution in [2.24, 2.45) is 0 Å². The minimum atomic E-state index is -0.500. The van der Waals surface area contributed by atoms with E-state index in [1.807, 2.05) is 24.3 Å². The highest BCUT2D eigenvalue weighted by molar-refractivity contribution is 5.91. The molecule has 0 aliphatic rings. The lowest BCUT2D eigenvalue weighted by molar-refractivity contribution is -0.116. The zero-order chi connectivity index (χ0) is 15.9. The number of para-hydroxylation sites is 1. The molecule has 0 bridgehead atoms. The number of nitrogens with zero attached hydrogens (tertiary/aromatic N) is 2. The van der Waals surface area contributed by atoms with Gasteiger partial charge in [0.1, 0.15) is 23.7 Å². The molecule has 0 aliphatic heterocycles. The highest BCUT2D eigenvalue weighted by Gasteiger charge is 2.09. The first-order valence-electron chi connectivity index (χ1n) is 6.60. The Bertz CT molecular complexity index is 688. The molecule has 0 radical (unpaired) electrons. The predicted octanol–water partition coefficient (Wildman–Crippen LogP) is 1.86. The summed E-state index contributed by atoms with van der Waals surface area (Å²) >= 11 is 0. The van der Waals surface area contributed by atoms with Crippen molar-refractivity contribution in [3.8, 4) is 17.0 Å². The number of benzene rings is 1. The number of hydrogen-bond donors (Lipinski definition) is 2. The summed E-state index contributed by atoms with van der Waals surface area (Å²) in [4.78, 5) is 30.6. The number of urea groups is 1. The number of ether oxygens (including phenoxy) is 1. The van der Waals surface area contributed by atoms with Gasteiger partial charge in [-0.05, 0) is 19.1 Å². The lowest BCUT2D eigenvalue weighted by Gasteiger charge is -2.09. The van der Waals surface area contributed by atoms with Crippen molar-refractivity contribution in [3.05, 3.63) is 36.7 Å². The smallest absolute Gasteiger partial charge is 0.320 e. The number of rotatable bonds is 5. The quantitative estimate of drug-likeness (QED) is 0.879. The van der Waals surface area contributed by atoms with Gasteiger partial charge in [0.25, 0.3) is 0 Å². The van der Waals surface area contributed by atoms with Crippen molar-refractivity contribution in [1.29, 1.82) is 0 Å². The summed E-state index contributed by atoms with van der Waals surface area (Å²) in [6.45, 7) is 1.36. The Morgan fingerprint density at radius 2 is 2.00 bits per heavy atom. The Hall–Kier alpha value is -2.96. The third kappa shape index (κ3) is 4.02. The van der Waals surface area contributed by atoms with Crippen LogP contribution in [0.5, 0.6) is 5.75 Å². The average molecular weight is 300 g/mol. The topological polar surface area (TPSA) is 93.2 Å². The Balaban J connectivity index is 2.16. The SMILES string of the molecule is COc1ccccc1-c1cc(NC(=O)NCC(C)=O)ncn1. The summed E-state index contributed by atoms with van der Waals surface area (Å²) < 4.78 is 5.29. The van der Waals surface area contributed by atoms with Gasteiger partial charge in [0.05, 0.1) is 19.3 Å². The van der Waals surface area contributed by atoms with E-state index in [-0.39, 0.29) is 12.3 Å². The van der Waals surface area contributed by atoms with Crippen LogP contribution in [0.1, 0.15) is 6.92 Å². The summed E-state index contributed by atoms with van der Waals surface area (Å²) in [5.41, 5.74) is 1.41. The van der Waals surface area contributed by atoms with E-state index in [4.69, 9.17) is 4.74 Å². The van der Waals surface area contributed by atoms with Gasteiger partial charge in [-0.2, -0.15) is 0 Å². The first-order chi connectivity index (χ1) is 10.6. The molecule has 2 amide bonds. The molecule has 1 heterocycles. The molecule has 0 fully saturated rings. The molecule has 7 heteroatoms. The predicted molar refractivity (Wildman–Crippen MR) is 81.7 cm³/mol. The van der Waals surface area contributed by atoms with Crippen LogP contribution in [0.15, 0.2) is 36.7 Å². The van der Waals surface area contributed by atoms with Crippen LogP contribution >= 0.6 is 0 Å². The number of amides is 2. The van der Waals surface area contributed by atoms with Gasteiger partial charge < -0.3 is 10.1 Å². The molecule has 0 spiro atoms. The summed E-state index contributed by atoms with van der Waals surface area (Å²) in [6.07, 6.45) is 1.35. The molecule has 7 nitrogen and oxygen atoms in total. The molecule has 2 rings (SSSR count). The summed E-state index contributed by atoms with van der Waals surface area (Å²) in [5, 5.41) is 4.98. The number of ketones is 1. The maximum atomic E-state index is 11.6. The number of hydrogen-bond acceptors (Lipinski definition) is 5. The first-order valence-corrected chi connectivity index (χ1v) is 6.60. The monoisotopic (exact) mass is 300 g/mol. The third-order valence-electron chi connectivity index (χ3n) is 2.79. The minimum absolute atomic E-state index is 0.0315. The second-order valence-electron chi connectivity index (χ2n) is 4.50. The molecule has 0 atom stereocenters. The lowest BCUT2D eigenvalue weighted by Crippen LogP contribution is -2.32. The molecular weight excluding hydrogens is 284 g/mol. The zero-order valence-corrected chi connectivity index (χ0v) is 12.3. The van der Waals surface area contributed by atoms with Crippen LogP contribution in [-0.4, -0.2) is 35.4 Å². The molecule has 114 valence electrons. The molecule has 1 aromatic carbocycles. The average Bonchev–Trinajstić information content (AvgIpc) is 2.53. The lowest BCUT2D eigenvalue weighted by atomic mass is 10.1. The Labute approximate surface area is 127 Å². The molecule has 2 aromatic rings. The van der Waals surface area contributed by atoms with Crippen molar-refractivity contribution in [2.45, 2.75) is 6.92 Å². The third-order valence-corrected chi connectivity index (χ3v) is 2.79. The van der Waals surface area contributed by atoms with E-state index >= 15 is 0 Å². The van der Waals surface area contributed by atoms with Gasteiger partial charge in [-0.3, -0.25) is 10.1 Å². The van der Waals surface area contributed by atoms with E-state index in [1.54, 1.807) is 13.2 Å². The fraction of sp³-hybridized carbons (Fsp3) is 0.200. The number of carbonyl (C=O) groups is 2. The number of carbonyl (C=O) groups excluding carboxylic acids is 2. The van der Waals surface area contributed by atoms with Crippen molar-refractivity contribution >= 4 is 17.6 Å². The van der Waals surface area contributed by atoms with E-state index in [2.05, 4.69) is 20.6 Å². The largest absolute Gasteiger partial charge is 0.496 e. The number of nitrogens with one attached hydrogen (secondary N) is 2. The van der Waals surface area contributed by atoms with E-state index < -0.39 is 6.03 Å². The van der Waals surface area contributed by atoms with Crippen LogP contribution < -0.4 is 15.4 Å². The zero-order valence-electron chi connectivity index (χ0n) is 12.3. The maximum absolute atomic E-state index is 11.6. The Kier molecular flexibility index (Phi) is 5.02. The van der Waals surface area contributed by atoms with E-state index in [0.717, 1.165) is 5.56 Å². The van der Waals surface area contributed by atoms with Crippen molar-refractivity contribution in [1.82, 2.24) is 15.3 Å². The van der Waals surface area contributed by atoms with Crippen LogP contribution in [0.2, 0.25) is 0 Å². The summed E-state index contributed by atoms with van der Waals surface area (Å²) in [6, 6.07) is 8.54. The highest BCUT2D eigenvalue weighted by Crippen LogP contribution is 2.28. The molecule has 1 aromatic heterocycles. The van der Waals surface area contributed by atoms with Crippen molar-refractivity contribution in [2.75, 3.05) is 19.0 Å². The molecule has 22 heavy (non-hydrogen) atoms. The van der Waals surface area contributed by atoms with Gasteiger partial charge in [-0.1, -0.05) is 12.1 Å². The number of aromatic nitrogens is 2. The molecule has 0 saturated heterocycles. The van der Waals surface area contributed by atoms with Crippen molar-refractivity contribution in [3.63, 3.8) is 0 Å². The van der Waals surface area contributed by atoms with Gasteiger partial charge in [0.15, 0.2) is 0 Å². The normalized spacial score (nSPS) is 9.91. The van der Waals surface area contributed by atoms with Gasteiger partial charge in [-0.15, -0.1) is 0 Å². The Morgan fingerprint density at radius 1 is 1.23 bits per heavy atom. The van der Waals surface area contributed by atoms with Crippen LogP contribution in [0.4, 0.5) is 10.6 Å². The van der Waals surface area contributed by atoms with Crippen molar-refractivity contribution < 1.29 is 14.3 Å². The fourth-order valence-electron chi connectivity index (χ4n) is 1.79. The van der Waals surface area contributed by atoms with Gasteiger partial charge in [-0.25, -0.2) is 14.8 Å². The minimum Gasteiger partial charge on any atom is -0.496 e. The standard InChI is InChI=1S/C15H16N4O3/c1-10(20)8-16-15(21)19-14-7-12(17-9-18-14)11-5-3-4-6-13(11)22-2/h3-7,9H,8H2,1-2H3,(H2,16,17,18,19,21). The first kappa shape index (κ1) is 15.4. The second-order valence-corrected chi connectivity index (χ2v) is 4.50. The summed E-state index contributed by atoms with van der Waals surface area (Å²) in [7, 11) is 1.58. The molecule has 0 unspecified atom stereocenters.